The summed E-state index contributed by atoms with van der Waals surface area (Å²) in [5.41, 5.74) is 0.679. The predicted molar refractivity (Wildman–Crippen MR) is 85.0 cm³/mol. The van der Waals surface area contributed by atoms with E-state index in [1.54, 1.807) is 18.2 Å². The fraction of sp³-hybridized carbons (Fsp3) is 0.200. The average molecular weight is 367 g/mol. The van der Waals surface area contributed by atoms with Gasteiger partial charge < -0.3 is 20.2 Å². The summed E-state index contributed by atoms with van der Waals surface area (Å²) in [5, 5.41) is 17.9. The molecule has 3 rings (SSSR count). The number of fused-ring (bicyclic) bond motifs is 1. The molecule has 11 heteroatoms. The second-order valence-corrected chi connectivity index (χ2v) is 5.19. The second-order valence-electron chi connectivity index (χ2n) is 5.19. The van der Waals surface area contributed by atoms with E-state index < -0.39 is 11.3 Å². The maximum atomic E-state index is 12.4. The zero-order valence-corrected chi connectivity index (χ0v) is 13.1. The van der Waals surface area contributed by atoms with Gasteiger partial charge in [-0.2, -0.15) is 0 Å². The summed E-state index contributed by atoms with van der Waals surface area (Å²) in [6.07, 6.45) is -3.44. The number of para-hydroxylation sites is 1. The Morgan fingerprint density at radius 2 is 2.00 bits per heavy atom. The number of hydrogen-bond donors (Lipinski definition) is 1. The van der Waals surface area contributed by atoms with Crippen molar-refractivity contribution in [1.29, 1.82) is 0 Å². The molecule has 0 bridgehead atoms. The first-order chi connectivity index (χ1) is 12.3. The Morgan fingerprint density at radius 3 is 2.73 bits per heavy atom. The Balaban J connectivity index is 1.70. The second kappa shape index (κ2) is 6.86. The monoisotopic (exact) mass is 367 g/mol. The van der Waals surface area contributed by atoms with Gasteiger partial charge >= 0.3 is 12.2 Å². The molecule has 0 aliphatic carbocycles. The van der Waals surface area contributed by atoms with Crippen LogP contribution in [-0.2, 0) is 6.42 Å². The van der Waals surface area contributed by atoms with Crippen LogP contribution in [0.4, 0.5) is 24.8 Å². The third-order valence-corrected chi connectivity index (χ3v) is 3.43. The minimum Gasteiger partial charge on any atom is -0.406 e. The lowest BCUT2D eigenvalue weighted by atomic mass is 10.1. The molecule has 0 atom stereocenters. The third-order valence-electron chi connectivity index (χ3n) is 3.43. The largest absolute Gasteiger partial charge is 0.573 e. The van der Waals surface area contributed by atoms with E-state index in [0.717, 1.165) is 10.7 Å². The molecule has 1 N–H and O–H groups in total. The Labute approximate surface area is 144 Å². The van der Waals surface area contributed by atoms with Crippen LogP contribution in [0.1, 0.15) is 5.56 Å². The van der Waals surface area contributed by atoms with E-state index in [1.807, 2.05) is 0 Å². The number of rotatable bonds is 6. The third kappa shape index (κ3) is 3.99. The van der Waals surface area contributed by atoms with Gasteiger partial charge in [0.25, 0.3) is 0 Å². The zero-order valence-electron chi connectivity index (χ0n) is 13.1. The molecule has 2 aromatic heterocycles. The Hall–Kier alpha value is -3.37. The number of hydrogen-bond acceptors (Lipinski definition) is 6. The Bertz CT molecular complexity index is 942. The van der Waals surface area contributed by atoms with Crippen LogP contribution in [0.5, 0.6) is 5.75 Å². The first kappa shape index (κ1) is 17.5. The van der Waals surface area contributed by atoms with E-state index in [4.69, 9.17) is 0 Å². The van der Waals surface area contributed by atoms with E-state index in [2.05, 4.69) is 20.1 Å². The van der Waals surface area contributed by atoms with Gasteiger partial charge in [0.15, 0.2) is 5.82 Å². The minimum absolute atomic E-state index is 0.234. The van der Waals surface area contributed by atoms with E-state index >= 15 is 0 Å². The average Bonchev–Trinajstić information content (AvgIpc) is 2.98. The summed E-state index contributed by atoms with van der Waals surface area (Å²) < 4.78 is 42.3. The van der Waals surface area contributed by atoms with Gasteiger partial charge in [0, 0.05) is 12.6 Å². The maximum Gasteiger partial charge on any atom is 0.573 e. The first-order valence-corrected chi connectivity index (χ1v) is 7.40. The summed E-state index contributed by atoms with van der Waals surface area (Å²) in [5.74, 6) is -0.226. The lowest BCUT2D eigenvalue weighted by Crippen LogP contribution is -2.18. The van der Waals surface area contributed by atoms with Crippen molar-refractivity contribution in [2.75, 3.05) is 11.9 Å². The molecule has 0 saturated heterocycles. The smallest absolute Gasteiger partial charge is 0.406 e. The number of ether oxygens (including phenoxy) is 1. The number of aromatic nitrogens is 3. The Kier molecular flexibility index (Phi) is 4.61. The Morgan fingerprint density at radius 1 is 1.23 bits per heavy atom. The number of nitrogens with zero attached hydrogens (tertiary/aromatic N) is 4. The van der Waals surface area contributed by atoms with Crippen molar-refractivity contribution in [3.05, 3.63) is 58.3 Å². The van der Waals surface area contributed by atoms with Crippen LogP contribution in [0, 0.1) is 10.1 Å². The van der Waals surface area contributed by atoms with E-state index in [-0.39, 0.29) is 24.5 Å². The number of halogens is 3. The van der Waals surface area contributed by atoms with Crippen LogP contribution in [0.2, 0.25) is 0 Å². The number of nitro groups is 1. The van der Waals surface area contributed by atoms with Crippen molar-refractivity contribution >= 4 is 17.3 Å². The molecule has 0 aliphatic heterocycles. The maximum absolute atomic E-state index is 12.4. The fourth-order valence-electron chi connectivity index (χ4n) is 2.34. The highest BCUT2D eigenvalue weighted by atomic mass is 19.4. The summed E-state index contributed by atoms with van der Waals surface area (Å²) in [7, 11) is 0. The molecule has 8 nitrogen and oxygen atoms in total. The number of imidazole rings is 1. The van der Waals surface area contributed by atoms with Gasteiger partial charge in [0.1, 0.15) is 11.9 Å². The SMILES string of the molecule is O=[N+]([O-])c1cnc2ccc(NCCc3ccccc3OC(F)(F)F)nn12. The molecule has 3 aromatic rings. The summed E-state index contributed by atoms with van der Waals surface area (Å²) in [6.45, 7) is 0.249. The minimum atomic E-state index is -4.77. The summed E-state index contributed by atoms with van der Waals surface area (Å²) in [4.78, 5) is 14.2. The molecule has 26 heavy (non-hydrogen) atoms. The standard InChI is InChI=1S/C15H12F3N5O3/c16-15(17,18)26-11-4-2-1-3-10(11)7-8-19-12-5-6-13-20-9-14(23(24)25)22(13)21-12/h1-6,9H,7-8H2,(H,19,21). The number of benzene rings is 1. The molecule has 1 aromatic carbocycles. The fourth-order valence-corrected chi connectivity index (χ4v) is 2.34. The highest BCUT2D eigenvalue weighted by Gasteiger charge is 2.31. The first-order valence-electron chi connectivity index (χ1n) is 7.40. The topological polar surface area (TPSA) is 94.6 Å². The van der Waals surface area contributed by atoms with Crippen molar-refractivity contribution < 1.29 is 22.8 Å². The molecule has 0 amide bonds. The van der Waals surface area contributed by atoms with Crippen molar-refractivity contribution in [3.8, 4) is 5.75 Å². The van der Waals surface area contributed by atoms with Crippen LogP contribution in [0.3, 0.4) is 0 Å². The van der Waals surface area contributed by atoms with Crippen LogP contribution >= 0.6 is 0 Å². The molecule has 0 radical (unpaired) electrons. The van der Waals surface area contributed by atoms with Gasteiger partial charge in [-0.05, 0) is 29.0 Å². The lowest BCUT2D eigenvalue weighted by molar-refractivity contribution is -0.391. The number of alkyl halides is 3. The molecular weight excluding hydrogens is 355 g/mol. The van der Waals surface area contributed by atoms with Gasteiger partial charge in [-0.1, -0.05) is 27.8 Å². The van der Waals surface area contributed by atoms with E-state index in [1.165, 1.54) is 18.2 Å². The summed E-state index contributed by atoms with van der Waals surface area (Å²) >= 11 is 0. The van der Waals surface area contributed by atoms with Crippen LogP contribution < -0.4 is 10.1 Å². The molecule has 0 spiro atoms. The van der Waals surface area contributed by atoms with Crippen molar-refractivity contribution in [3.63, 3.8) is 0 Å². The quantitative estimate of drug-likeness (QED) is 0.531. The van der Waals surface area contributed by atoms with Crippen LogP contribution in [0.25, 0.3) is 5.65 Å². The number of nitrogens with one attached hydrogen (secondary N) is 1. The zero-order chi connectivity index (χ0) is 18.7. The lowest BCUT2D eigenvalue weighted by Gasteiger charge is -2.13. The van der Waals surface area contributed by atoms with Crippen molar-refractivity contribution in [1.82, 2.24) is 14.6 Å². The molecule has 0 unspecified atom stereocenters. The van der Waals surface area contributed by atoms with E-state index in [0.29, 0.717) is 17.0 Å². The van der Waals surface area contributed by atoms with Gasteiger partial charge in [-0.25, -0.2) is 4.98 Å². The molecule has 2 heterocycles. The summed E-state index contributed by atoms with van der Waals surface area (Å²) in [6, 6.07) is 8.94. The van der Waals surface area contributed by atoms with Crippen LogP contribution in [0.15, 0.2) is 42.6 Å². The van der Waals surface area contributed by atoms with Crippen molar-refractivity contribution in [2.24, 2.45) is 0 Å². The van der Waals surface area contributed by atoms with Gasteiger partial charge in [0.2, 0.25) is 5.65 Å². The van der Waals surface area contributed by atoms with Gasteiger partial charge in [-0.15, -0.1) is 13.2 Å². The highest BCUT2D eigenvalue weighted by Crippen LogP contribution is 2.26. The van der Waals surface area contributed by atoms with Crippen LogP contribution in [-0.4, -0.2) is 32.4 Å². The molecular formula is C15H12F3N5O3. The molecule has 136 valence electrons. The molecule has 0 fully saturated rings. The normalized spacial score (nSPS) is 11.5. The van der Waals surface area contributed by atoms with Gasteiger partial charge in [-0.3, -0.25) is 0 Å². The van der Waals surface area contributed by atoms with Gasteiger partial charge in [0.05, 0.1) is 0 Å². The van der Waals surface area contributed by atoms with E-state index in [9.17, 15) is 23.3 Å². The molecule has 0 aliphatic rings. The highest BCUT2D eigenvalue weighted by molar-refractivity contribution is 5.48. The predicted octanol–water partition coefficient (Wildman–Crippen LogP) is 3.19. The molecule has 0 saturated carbocycles. The number of anilines is 1. The van der Waals surface area contributed by atoms with Crippen molar-refractivity contribution in [2.45, 2.75) is 12.8 Å².